The number of thioether (sulfide) groups is 1. The predicted octanol–water partition coefficient (Wildman–Crippen LogP) is 5.26. The summed E-state index contributed by atoms with van der Waals surface area (Å²) < 4.78 is 15.4. The van der Waals surface area contributed by atoms with E-state index >= 15 is 0 Å². The van der Waals surface area contributed by atoms with Crippen molar-refractivity contribution in [2.75, 3.05) is 11.1 Å². The summed E-state index contributed by atoms with van der Waals surface area (Å²) >= 11 is 7.41. The molecule has 34 heavy (non-hydrogen) atoms. The summed E-state index contributed by atoms with van der Waals surface area (Å²) in [6.45, 7) is 8.26. The fraction of sp³-hybridized carbons (Fsp3) is 0.333. The standard InChI is InChI=1S/C24H27ClFN5O2S/c1-5-31-22(21(14(2)3)28-23(33)17-8-6-7-9-18(17)25)29-30-24(31)34-13-20(32)27-19-12-16(26)11-10-15(19)4/h6-12,14,21H,5,13H2,1-4H3,(H,27,32)(H,28,33)/t21-/m0/s1. The van der Waals surface area contributed by atoms with Crippen LogP contribution >= 0.6 is 23.4 Å². The molecule has 0 saturated carbocycles. The number of benzene rings is 2. The largest absolute Gasteiger partial charge is 0.342 e. The molecule has 10 heteroatoms. The Kier molecular flexibility index (Phi) is 8.68. The predicted molar refractivity (Wildman–Crippen MR) is 133 cm³/mol. The molecular weight excluding hydrogens is 477 g/mol. The number of carbonyl (C=O) groups is 2. The molecule has 2 aromatic carbocycles. The van der Waals surface area contributed by atoms with Crippen molar-refractivity contribution in [3.05, 3.63) is 70.3 Å². The van der Waals surface area contributed by atoms with Crippen molar-refractivity contribution < 1.29 is 14.0 Å². The Labute approximate surface area is 207 Å². The van der Waals surface area contributed by atoms with Crippen LogP contribution in [0.1, 0.15) is 48.6 Å². The van der Waals surface area contributed by atoms with Crippen molar-refractivity contribution in [2.24, 2.45) is 5.92 Å². The molecule has 7 nitrogen and oxygen atoms in total. The number of nitrogens with one attached hydrogen (secondary N) is 2. The number of anilines is 1. The van der Waals surface area contributed by atoms with Gasteiger partial charge in [-0.25, -0.2) is 4.39 Å². The summed E-state index contributed by atoms with van der Waals surface area (Å²) in [4.78, 5) is 25.3. The quantitative estimate of drug-likeness (QED) is 0.389. The van der Waals surface area contributed by atoms with Crippen molar-refractivity contribution in [3.63, 3.8) is 0 Å². The van der Waals surface area contributed by atoms with E-state index in [1.54, 1.807) is 37.3 Å². The molecule has 0 aliphatic heterocycles. The van der Waals surface area contributed by atoms with E-state index in [9.17, 15) is 14.0 Å². The van der Waals surface area contributed by atoms with Crippen LogP contribution in [-0.2, 0) is 11.3 Å². The van der Waals surface area contributed by atoms with Crippen LogP contribution in [0, 0.1) is 18.7 Å². The van der Waals surface area contributed by atoms with Crippen LogP contribution < -0.4 is 10.6 Å². The van der Waals surface area contributed by atoms with Gasteiger partial charge in [-0.15, -0.1) is 10.2 Å². The number of hydrogen-bond donors (Lipinski definition) is 2. The van der Waals surface area contributed by atoms with Gasteiger partial charge in [0.05, 0.1) is 22.4 Å². The lowest BCUT2D eigenvalue weighted by molar-refractivity contribution is -0.113. The molecule has 0 radical (unpaired) electrons. The maximum atomic E-state index is 13.5. The normalized spacial score (nSPS) is 12.0. The third kappa shape index (κ3) is 6.15. The summed E-state index contributed by atoms with van der Waals surface area (Å²) in [7, 11) is 0. The van der Waals surface area contributed by atoms with Gasteiger partial charge in [-0.05, 0) is 49.6 Å². The summed E-state index contributed by atoms with van der Waals surface area (Å²) in [5, 5.41) is 15.3. The van der Waals surface area contributed by atoms with E-state index in [2.05, 4.69) is 20.8 Å². The van der Waals surface area contributed by atoms with Gasteiger partial charge in [-0.2, -0.15) is 0 Å². The fourth-order valence-electron chi connectivity index (χ4n) is 3.37. The van der Waals surface area contributed by atoms with E-state index < -0.39 is 11.9 Å². The lowest BCUT2D eigenvalue weighted by atomic mass is 10.0. The Bertz CT molecular complexity index is 1180. The first-order valence-corrected chi connectivity index (χ1v) is 12.2. The number of rotatable bonds is 9. The minimum atomic E-state index is -0.414. The average Bonchev–Trinajstić information content (AvgIpc) is 3.21. The number of aryl methyl sites for hydroxylation is 1. The third-order valence-electron chi connectivity index (χ3n) is 5.22. The second-order valence-corrected chi connectivity index (χ2v) is 9.41. The first-order valence-electron chi connectivity index (χ1n) is 10.9. The lowest BCUT2D eigenvalue weighted by Gasteiger charge is -2.22. The zero-order valence-corrected chi connectivity index (χ0v) is 21.0. The maximum Gasteiger partial charge on any atom is 0.253 e. The van der Waals surface area contributed by atoms with E-state index in [1.807, 2.05) is 25.3 Å². The Morgan fingerprint density at radius 3 is 2.59 bits per heavy atom. The molecule has 0 saturated heterocycles. The average molecular weight is 504 g/mol. The zero-order chi connectivity index (χ0) is 24.8. The number of hydrogen-bond acceptors (Lipinski definition) is 5. The van der Waals surface area contributed by atoms with E-state index in [1.165, 1.54) is 23.9 Å². The van der Waals surface area contributed by atoms with Gasteiger partial charge < -0.3 is 15.2 Å². The molecule has 0 spiro atoms. The first kappa shape index (κ1) is 25.7. The highest BCUT2D eigenvalue weighted by molar-refractivity contribution is 7.99. The highest BCUT2D eigenvalue weighted by atomic mass is 35.5. The van der Waals surface area contributed by atoms with Crippen LogP contribution in [-0.4, -0.2) is 32.3 Å². The molecule has 0 unspecified atom stereocenters. The van der Waals surface area contributed by atoms with Gasteiger partial charge in [0.25, 0.3) is 5.91 Å². The summed E-state index contributed by atoms with van der Waals surface area (Å²) in [5.74, 6) is -0.290. The Morgan fingerprint density at radius 1 is 1.18 bits per heavy atom. The molecule has 2 N–H and O–H groups in total. The molecule has 0 aliphatic carbocycles. The van der Waals surface area contributed by atoms with Gasteiger partial charge in [0.2, 0.25) is 5.91 Å². The Morgan fingerprint density at radius 2 is 1.91 bits per heavy atom. The third-order valence-corrected chi connectivity index (χ3v) is 6.51. The number of halogens is 2. The van der Waals surface area contributed by atoms with Crippen LogP contribution in [0.25, 0.3) is 0 Å². The van der Waals surface area contributed by atoms with E-state index in [0.29, 0.717) is 33.8 Å². The molecule has 0 fully saturated rings. The number of aromatic nitrogens is 3. The van der Waals surface area contributed by atoms with Crippen molar-refractivity contribution in [1.29, 1.82) is 0 Å². The Balaban J connectivity index is 1.73. The molecular formula is C24H27ClFN5O2S. The molecule has 180 valence electrons. The summed E-state index contributed by atoms with van der Waals surface area (Å²) in [5.41, 5.74) is 1.59. The Hall–Kier alpha value is -2.91. The van der Waals surface area contributed by atoms with Crippen molar-refractivity contribution >= 4 is 40.9 Å². The first-order chi connectivity index (χ1) is 16.2. The topological polar surface area (TPSA) is 88.9 Å². The summed E-state index contributed by atoms with van der Waals surface area (Å²) in [6.07, 6.45) is 0. The molecule has 0 bridgehead atoms. The second-order valence-electron chi connectivity index (χ2n) is 8.06. The second kappa shape index (κ2) is 11.5. The highest BCUT2D eigenvalue weighted by Gasteiger charge is 2.26. The number of carbonyl (C=O) groups excluding carboxylic acids is 2. The lowest BCUT2D eigenvalue weighted by Crippen LogP contribution is -2.34. The van der Waals surface area contributed by atoms with Crippen LogP contribution in [0.2, 0.25) is 5.02 Å². The van der Waals surface area contributed by atoms with Crippen molar-refractivity contribution in [1.82, 2.24) is 20.1 Å². The van der Waals surface area contributed by atoms with Crippen molar-refractivity contribution in [3.8, 4) is 0 Å². The summed E-state index contributed by atoms with van der Waals surface area (Å²) in [6, 6.07) is 10.7. The minimum Gasteiger partial charge on any atom is -0.342 e. The van der Waals surface area contributed by atoms with E-state index in [-0.39, 0.29) is 23.5 Å². The van der Waals surface area contributed by atoms with Gasteiger partial charge in [0.1, 0.15) is 5.82 Å². The van der Waals surface area contributed by atoms with E-state index in [4.69, 9.17) is 11.6 Å². The molecule has 3 aromatic rings. The van der Waals surface area contributed by atoms with Gasteiger partial charge in [0, 0.05) is 12.2 Å². The van der Waals surface area contributed by atoms with E-state index in [0.717, 1.165) is 5.56 Å². The molecule has 1 atom stereocenters. The van der Waals surface area contributed by atoms with Crippen LogP contribution in [0.15, 0.2) is 47.6 Å². The SMILES string of the molecule is CCn1c(SCC(=O)Nc2cc(F)ccc2C)nnc1[C@@H](NC(=O)c1ccccc1Cl)C(C)C. The molecule has 3 rings (SSSR count). The van der Waals surface area contributed by atoms with Gasteiger partial charge in [0.15, 0.2) is 11.0 Å². The van der Waals surface area contributed by atoms with Gasteiger partial charge in [-0.1, -0.05) is 55.4 Å². The monoisotopic (exact) mass is 503 g/mol. The fourth-order valence-corrected chi connectivity index (χ4v) is 4.40. The maximum absolute atomic E-state index is 13.5. The van der Waals surface area contributed by atoms with Crippen molar-refractivity contribution in [2.45, 2.75) is 45.4 Å². The number of nitrogens with zero attached hydrogens (tertiary/aromatic N) is 3. The van der Waals surface area contributed by atoms with Gasteiger partial charge >= 0.3 is 0 Å². The van der Waals surface area contributed by atoms with Crippen LogP contribution in [0.5, 0.6) is 0 Å². The molecule has 2 amide bonds. The van der Waals surface area contributed by atoms with Gasteiger partial charge in [-0.3, -0.25) is 9.59 Å². The smallest absolute Gasteiger partial charge is 0.253 e. The number of amides is 2. The zero-order valence-electron chi connectivity index (χ0n) is 19.4. The minimum absolute atomic E-state index is 0.0260. The molecule has 0 aliphatic rings. The highest BCUT2D eigenvalue weighted by Crippen LogP contribution is 2.26. The molecule has 1 heterocycles. The van der Waals surface area contributed by atoms with Crippen LogP contribution in [0.3, 0.4) is 0 Å². The van der Waals surface area contributed by atoms with Crippen LogP contribution in [0.4, 0.5) is 10.1 Å². The molecule has 1 aromatic heterocycles.